The van der Waals surface area contributed by atoms with Crippen molar-refractivity contribution in [3.05, 3.63) is 47.6 Å². The summed E-state index contributed by atoms with van der Waals surface area (Å²) in [5.74, 6) is 1.40. The van der Waals surface area contributed by atoms with Gasteiger partial charge in [-0.05, 0) is 37.0 Å². The third-order valence-corrected chi connectivity index (χ3v) is 5.35. The Labute approximate surface area is 167 Å². The minimum Gasteiger partial charge on any atom is -0.359 e. The molecule has 144 valence electrons. The molecule has 8 heteroatoms. The summed E-state index contributed by atoms with van der Waals surface area (Å²) in [7, 11) is 0. The molecular formula is C20H22N6OS. The lowest BCUT2D eigenvalue weighted by Crippen LogP contribution is -2.10. The third kappa shape index (κ3) is 3.55. The first-order valence-electron chi connectivity index (χ1n) is 9.00. The highest BCUT2D eigenvalue weighted by molar-refractivity contribution is 7.21. The summed E-state index contributed by atoms with van der Waals surface area (Å²) < 4.78 is 5.20. The first-order valence-corrected chi connectivity index (χ1v) is 9.82. The fourth-order valence-electron chi connectivity index (χ4n) is 2.86. The highest BCUT2D eigenvalue weighted by Crippen LogP contribution is 2.33. The molecule has 3 aromatic heterocycles. The predicted octanol–water partition coefficient (Wildman–Crippen LogP) is 5.48. The van der Waals surface area contributed by atoms with Crippen molar-refractivity contribution in [1.29, 1.82) is 0 Å². The van der Waals surface area contributed by atoms with Crippen LogP contribution >= 0.6 is 11.3 Å². The number of rotatable bonds is 4. The second-order valence-electron chi connectivity index (χ2n) is 7.67. The first-order chi connectivity index (χ1) is 13.3. The van der Waals surface area contributed by atoms with Gasteiger partial charge in [0.1, 0.15) is 23.2 Å². The molecule has 0 saturated carbocycles. The number of benzene rings is 1. The standard InChI is InChI=1S/C20H22N6OS/c1-11-15(12(2)27-26-11)24-19-25-16-17(21-10-22-18(16)28-19)23-14-8-6-13(7-9-14)20(3,4)5/h6-10H,1-5H3,(H,24,25)(H,21,22,23). The molecule has 0 amide bonds. The predicted molar refractivity (Wildman–Crippen MR) is 113 cm³/mol. The number of anilines is 4. The van der Waals surface area contributed by atoms with E-state index in [0.717, 1.165) is 38.3 Å². The Morgan fingerprint density at radius 2 is 1.75 bits per heavy atom. The van der Waals surface area contributed by atoms with Gasteiger partial charge in [0, 0.05) is 5.69 Å². The van der Waals surface area contributed by atoms with E-state index in [1.807, 2.05) is 13.8 Å². The van der Waals surface area contributed by atoms with E-state index in [0.29, 0.717) is 5.82 Å². The van der Waals surface area contributed by atoms with Gasteiger partial charge in [0.05, 0.1) is 0 Å². The van der Waals surface area contributed by atoms with Crippen molar-refractivity contribution in [2.75, 3.05) is 10.6 Å². The Morgan fingerprint density at radius 3 is 2.39 bits per heavy atom. The van der Waals surface area contributed by atoms with Crippen molar-refractivity contribution in [1.82, 2.24) is 20.1 Å². The summed E-state index contributed by atoms with van der Waals surface area (Å²) in [5, 5.41) is 11.3. The van der Waals surface area contributed by atoms with Gasteiger partial charge in [0.25, 0.3) is 0 Å². The smallest absolute Gasteiger partial charge is 0.190 e. The minimum absolute atomic E-state index is 0.119. The van der Waals surface area contributed by atoms with Crippen LogP contribution in [0.3, 0.4) is 0 Å². The average molecular weight is 395 g/mol. The maximum Gasteiger partial charge on any atom is 0.190 e. The van der Waals surface area contributed by atoms with E-state index in [-0.39, 0.29) is 5.41 Å². The Balaban J connectivity index is 1.62. The van der Waals surface area contributed by atoms with E-state index in [4.69, 9.17) is 4.52 Å². The van der Waals surface area contributed by atoms with Gasteiger partial charge in [-0.2, -0.15) is 0 Å². The van der Waals surface area contributed by atoms with Gasteiger partial charge in [0.2, 0.25) is 0 Å². The van der Waals surface area contributed by atoms with E-state index in [1.54, 1.807) is 6.33 Å². The molecule has 0 unspecified atom stereocenters. The van der Waals surface area contributed by atoms with Crippen molar-refractivity contribution >= 4 is 44.0 Å². The second kappa shape index (κ2) is 6.87. The first kappa shape index (κ1) is 18.4. The summed E-state index contributed by atoms with van der Waals surface area (Å²) in [6, 6.07) is 8.38. The number of nitrogens with one attached hydrogen (secondary N) is 2. The fraction of sp³-hybridized carbons (Fsp3) is 0.300. The maximum atomic E-state index is 5.20. The summed E-state index contributed by atoms with van der Waals surface area (Å²) in [4.78, 5) is 14.2. The topological polar surface area (TPSA) is 88.8 Å². The molecule has 0 bridgehead atoms. The van der Waals surface area contributed by atoms with Crippen LogP contribution in [0.25, 0.3) is 10.3 Å². The number of aromatic nitrogens is 4. The lowest BCUT2D eigenvalue weighted by molar-refractivity contribution is 0.393. The summed E-state index contributed by atoms with van der Waals surface area (Å²) >= 11 is 1.46. The molecule has 0 aliphatic carbocycles. The lowest BCUT2D eigenvalue weighted by Gasteiger charge is -2.19. The van der Waals surface area contributed by atoms with Gasteiger partial charge in [-0.1, -0.05) is 49.4 Å². The van der Waals surface area contributed by atoms with Gasteiger partial charge in [-0.25, -0.2) is 15.0 Å². The van der Waals surface area contributed by atoms with Crippen molar-refractivity contribution in [2.24, 2.45) is 0 Å². The number of aryl methyl sites for hydroxylation is 2. The fourth-order valence-corrected chi connectivity index (χ4v) is 3.67. The van der Waals surface area contributed by atoms with Gasteiger partial charge in [-0.15, -0.1) is 0 Å². The molecule has 4 aromatic rings. The monoisotopic (exact) mass is 394 g/mol. The number of thiazole rings is 1. The molecule has 0 aliphatic rings. The van der Waals surface area contributed by atoms with Crippen molar-refractivity contribution in [3.63, 3.8) is 0 Å². The molecule has 2 N–H and O–H groups in total. The SMILES string of the molecule is Cc1noc(C)c1Nc1nc2c(Nc3ccc(C(C)(C)C)cc3)ncnc2s1. The molecule has 0 radical (unpaired) electrons. The van der Waals surface area contributed by atoms with E-state index < -0.39 is 0 Å². The number of hydrogen-bond acceptors (Lipinski definition) is 8. The van der Waals surface area contributed by atoms with Crippen molar-refractivity contribution in [3.8, 4) is 0 Å². The Morgan fingerprint density at radius 1 is 1.00 bits per heavy atom. The van der Waals surface area contributed by atoms with E-state index in [1.165, 1.54) is 16.9 Å². The summed E-state index contributed by atoms with van der Waals surface area (Å²) in [6.45, 7) is 10.4. The molecular weight excluding hydrogens is 372 g/mol. The van der Waals surface area contributed by atoms with Gasteiger partial charge < -0.3 is 15.2 Å². The molecule has 7 nitrogen and oxygen atoms in total. The maximum absolute atomic E-state index is 5.20. The molecule has 0 spiro atoms. The van der Waals surface area contributed by atoms with Crippen LogP contribution in [-0.2, 0) is 5.41 Å². The molecule has 0 aliphatic heterocycles. The Hall–Kier alpha value is -3.00. The Bertz CT molecular complexity index is 1100. The van der Waals surface area contributed by atoms with E-state index >= 15 is 0 Å². The third-order valence-electron chi connectivity index (χ3n) is 4.47. The zero-order valence-corrected chi connectivity index (χ0v) is 17.3. The van der Waals surface area contributed by atoms with Crippen LogP contribution in [0.15, 0.2) is 35.1 Å². The van der Waals surface area contributed by atoms with Crippen LogP contribution < -0.4 is 10.6 Å². The molecule has 4 rings (SSSR count). The van der Waals surface area contributed by atoms with Crippen LogP contribution in [0.5, 0.6) is 0 Å². The number of nitrogens with zero attached hydrogens (tertiary/aromatic N) is 4. The highest BCUT2D eigenvalue weighted by atomic mass is 32.1. The molecule has 0 saturated heterocycles. The highest BCUT2D eigenvalue weighted by Gasteiger charge is 2.16. The summed E-state index contributed by atoms with van der Waals surface area (Å²) in [5.41, 5.74) is 4.71. The average Bonchev–Trinajstić information content (AvgIpc) is 3.20. The number of fused-ring (bicyclic) bond motifs is 1. The van der Waals surface area contributed by atoms with Crippen molar-refractivity contribution < 1.29 is 4.52 Å². The van der Waals surface area contributed by atoms with Crippen LogP contribution in [0, 0.1) is 13.8 Å². The van der Waals surface area contributed by atoms with E-state index in [9.17, 15) is 0 Å². The normalized spacial score (nSPS) is 11.8. The van der Waals surface area contributed by atoms with Crippen molar-refractivity contribution in [2.45, 2.75) is 40.0 Å². The van der Waals surface area contributed by atoms with E-state index in [2.05, 4.69) is 75.8 Å². The molecule has 28 heavy (non-hydrogen) atoms. The Kier molecular flexibility index (Phi) is 4.50. The molecule has 0 fully saturated rings. The molecule has 3 heterocycles. The van der Waals surface area contributed by atoms with Crippen LogP contribution in [0.1, 0.15) is 37.8 Å². The minimum atomic E-state index is 0.119. The zero-order chi connectivity index (χ0) is 19.9. The zero-order valence-electron chi connectivity index (χ0n) is 16.5. The van der Waals surface area contributed by atoms with Gasteiger partial charge in [-0.3, -0.25) is 0 Å². The van der Waals surface area contributed by atoms with Gasteiger partial charge in [0.15, 0.2) is 21.5 Å². The van der Waals surface area contributed by atoms with Gasteiger partial charge >= 0.3 is 0 Å². The summed E-state index contributed by atoms with van der Waals surface area (Å²) in [6.07, 6.45) is 1.55. The van der Waals surface area contributed by atoms with Crippen LogP contribution in [-0.4, -0.2) is 20.1 Å². The van der Waals surface area contributed by atoms with Crippen LogP contribution in [0.4, 0.5) is 22.3 Å². The van der Waals surface area contributed by atoms with Crippen LogP contribution in [0.2, 0.25) is 0 Å². The lowest BCUT2D eigenvalue weighted by atomic mass is 9.87. The molecule has 0 atom stereocenters. The molecule has 1 aromatic carbocycles. The number of hydrogen-bond donors (Lipinski definition) is 2. The largest absolute Gasteiger partial charge is 0.359 e. The second-order valence-corrected chi connectivity index (χ2v) is 8.65. The quantitative estimate of drug-likeness (QED) is 0.474.